The van der Waals surface area contributed by atoms with Gasteiger partial charge in [-0.1, -0.05) is 18.2 Å². The number of esters is 1. The number of fused-ring (bicyclic) bond motifs is 1. The van der Waals surface area contributed by atoms with Crippen molar-refractivity contribution in [1.82, 2.24) is 4.98 Å². The molecule has 3 aromatic rings. The van der Waals surface area contributed by atoms with Crippen LogP contribution in [0.15, 0.2) is 54.7 Å². The van der Waals surface area contributed by atoms with Crippen LogP contribution in [0.25, 0.3) is 17.0 Å². The minimum absolute atomic E-state index is 0.266. The summed E-state index contributed by atoms with van der Waals surface area (Å²) in [5, 5.41) is 0.798. The average Bonchev–Trinajstić information content (AvgIpc) is 3.15. The van der Waals surface area contributed by atoms with E-state index in [2.05, 4.69) is 4.98 Å². The quantitative estimate of drug-likeness (QED) is 0.381. The lowest BCUT2D eigenvalue weighted by Crippen LogP contribution is -2.23. The maximum absolute atomic E-state index is 12.7. The van der Waals surface area contributed by atoms with Crippen LogP contribution in [-0.4, -0.2) is 37.1 Å². The Balaban J connectivity index is 1.71. The molecule has 3 rings (SSSR count). The van der Waals surface area contributed by atoms with E-state index in [-0.39, 0.29) is 5.78 Å². The molecular formula is C22H21NO5. The lowest BCUT2D eigenvalue weighted by molar-refractivity contribution is -0.140. The van der Waals surface area contributed by atoms with E-state index in [9.17, 15) is 9.59 Å². The molecule has 1 atom stereocenters. The molecule has 0 radical (unpaired) electrons. The smallest absolute Gasteiger partial charge is 0.331 e. The van der Waals surface area contributed by atoms with Crippen molar-refractivity contribution < 1.29 is 23.8 Å². The molecule has 6 heteroatoms. The van der Waals surface area contributed by atoms with E-state index in [0.717, 1.165) is 10.9 Å². The van der Waals surface area contributed by atoms with Crippen molar-refractivity contribution in [3.8, 4) is 11.5 Å². The van der Waals surface area contributed by atoms with Crippen LogP contribution in [-0.2, 0) is 9.53 Å². The summed E-state index contributed by atoms with van der Waals surface area (Å²) in [5.41, 5.74) is 2.01. The summed E-state index contributed by atoms with van der Waals surface area (Å²) in [5.74, 6) is 0.341. The predicted octanol–water partition coefficient (Wildman–Crippen LogP) is 4.01. The van der Waals surface area contributed by atoms with Crippen LogP contribution in [0.1, 0.15) is 22.8 Å². The standard InChI is InChI=1S/C22H21NO5/c1-14(22(25)18-13-23-19-7-5-4-6-17(18)19)28-21(24)11-8-15-12-16(26-2)9-10-20(15)27-3/h4-14,23H,1-3H3/b11-8+/t14-/m0/s1. The number of rotatable bonds is 7. The summed E-state index contributed by atoms with van der Waals surface area (Å²) < 4.78 is 15.7. The topological polar surface area (TPSA) is 77.6 Å². The minimum Gasteiger partial charge on any atom is -0.497 e. The molecule has 0 saturated heterocycles. The second-order valence-electron chi connectivity index (χ2n) is 6.13. The molecule has 0 amide bonds. The monoisotopic (exact) mass is 379 g/mol. The van der Waals surface area contributed by atoms with E-state index in [1.165, 1.54) is 6.08 Å². The highest BCUT2D eigenvalue weighted by molar-refractivity contribution is 6.10. The number of aromatic nitrogens is 1. The molecule has 6 nitrogen and oxygen atoms in total. The molecule has 0 aliphatic carbocycles. The maximum atomic E-state index is 12.7. The highest BCUT2D eigenvalue weighted by atomic mass is 16.5. The molecule has 0 aliphatic heterocycles. The first-order valence-corrected chi connectivity index (χ1v) is 8.74. The maximum Gasteiger partial charge on any atom is 0.331 e. The van der Waals surface area contributed by atoms with Gasteiger partial charge in [0.1, 0.15) is 11.5 Å². The van der Waals surface area contributed by atoms with E-state index in [4.69, 9.17) is 14.2 Å². The number of ether oxygens (including phenoxy) is 3. The Morgan fingerprint density at radius 1 is 1.07 bits per heavy atom. The molecular weight excluding hydrogens is 358 g/mol. The van der Waals surface area contributed by atoms with Crippen LogP contribution in [0.4, 0.5) is 0 Å². The van der Waals surface area contributed by atoms with Gasteiger partial charge in [-0.25, -0.2) is 4.79 Å². The lowest BCUT2D eigenvalue weighted by Gasteiger charge is -2.10. The van der Waals surface area contributed by atoms with Gasteiger partial charge in [0.15, 0.2) is 6.10 Å². The van der Waals surface area contributed by atoms with Crippen molar-refractivity contribution in [3.05, 3.63) is 65.9 Å². The summed E-state index contributed by atoms with van der Waals surface area (Å²) in [6.07, 6.45) is 3.54. The molecule has 0 bridgehead atoms. The van der Waals surface area contributed by atoms with Gasteiger partial charge < -0.3 is 19.2 Å². The number of carbonyl (C=O) groups excluding carboxylic acids is 2. The molecule has 0 spiro atoms. The first kappa shape index (κ1) is 19.2. The third kappa shape index (κ3) is 4.06. The van der Waals surface area contributed by atoms with Crippen molar-refractivity contribution in [1.29, 1.82) is 0 Å². The predicted molar refractivity (Wildman–Crippen MR) is 107 cm³/mol. The number of nitrogens with one attached hydrogen (secondary N) is 1. The fourth-order valence-electron chi connectivity index (χ4n) is 2.89. The van der Waals surface area contributed by atoms with Gasteiger partial charge in [0.2, 0.25) is 5.78 Å². The van der Waals surface area contributed by atoms with Crippen LogP contribution in [0.2, 0.25) is 0 Å². The molecule has 0 unspecified atom stereocenters. The number of Topliss-reactive ketones (excluding diaryl/α,β-unsaturated/α-hetero) is 1. The van der Waals surface area contributed by atoms with Crippen molar-refractivity contribution in [2.45, 2.75) is 13.0 Å². The lowest BCUT2D eigenvalue weighted by atomic mass is 10.1. The molecule has 1 heterocycles. The third-order valence-electron chi connectivity index (χ3n) is 4.35. The Bertz CT molecular complexity index is 1030. The van der Waals surface area contributed by atoms with Gasteiger partial charge in [0.25, 0.3) is 0 Å². The fraction of sp³-hybridized carbons (Fsp3) is 0.182. The number of methoxy groups -OCH3 is 2. The fourth-order valence-corrected chi connectivity index (χ4v) is 2.89. The zero-order valence-corrected chi connectivity index (χ0v) is 15.9. The van der Waals surface area contributed by atoms with Crippen LogP contribution < -0.4 is 9.47 Å². The molecule has 144 valence electrons. The zero-order valence-electron chi connectivity index (χ0n) is 15.9. The van der Waals surface area contributed by atoms with E-state index < -0.39 is 12.1 Å². The number of benzene rings is 2. The number of aromatic amines is 1. The van der Waals surface area contributed by atoms with Gasteiger partial charge >= 0.3 is 5.97 Å². The minimum atomic E-state index is -0.913. The highest BCUT2D eigenvalue weighted by Crippen LogP contribution is 2.25. The number of carbonyl (C=O) groups is 2. The Morgan fingerprint density at radius 2 is 1.86 bits per heavy atom. The molecule has 2 aromatic carbocycles. The van der Waals surface area contributed by atoms with Gasteiger partial charge in [-0.2, -0.15) is 0 Å². The molecule has 0 fully saturated rings. The van der Waals surface area contributed by atoms with Gasteiger partial charge in [-0.15, -0.1) is 0 Å². The molecule has 0 saturated carbocycles. The third-order valence-corrected chi connectivity index (χ3v) is 4.35. The molecule has 0 aliphatic rings. The zero-order chi connectivity index (χ0) is 20.1. The number of hydrogen-bond donors (Lipinski definition) is 1. The number of hydrogen-bond acceptors (Lipinski definition) is 5. The molecule has 28 heavy (non-hydrogen) atoms. The summed E-state index contributed by atoms with van der Waals surface area (Å²) in [7, 11) is 3.10. The Hall–Kier alpha value is -3.54. The average molecular weight is 379 g/mol. The van der Waals surface area contributed by atoms with Gasteiger partial charge in [-0.05, 0) is 37.3 Å². The number of para-hydroxylation sites is 1. The van der Waals surface area contributed by atoms with Gasteiger partial charge in [0, 0.05) is 34.3 Å². The molecule has 1 N–H and O–H groups in total. The normalized spacial score (nSPS) is 12.1. The first-order chi connectivity index (χ1) is 13.5. The summed E-state index contributed by atoms with van der Waals surface area (Å²) in [6, 6.07) is 12.7. The van der Waals surface area contributed by atoms with Gasteiger partial charge in [0.05, 0.1) is 14.2 Å². The van der Waals surface area contributed by atoms with Crippen molar-refractivity contribution in [2.75, 3.05) is 14.2 Å². The van der Waals surface area contributed by atoms with E-state index in [0.29, 0.717) is 22.6 Å². The van der Waals surface area contributed by atoms with Crippen LogP contribution in [0.3, 0.4) is 0 Å². The number of ketones is 1. The van der Waals surface area contributed by atoms with Crippen LogP contribution in [0, 0.1) is 0 Å². The van der Waals surface area contributed by atoms with Crippen LogP contribution >= 0.6 is 0 Å². The second kappa shape index (κ2) is 8.43. The van der Waals surface area contributed by atoms with Crippen molar-refractivity contribution in [2.24, 2.45) is 0 Å². The number of H-pyrrole nitrogens is 1. The SMILES string of the molecule is COc1ccc(OC)c(/C=C/C(=O)O[C@@H](C)C(=O)c2c[nH]c3ccccc23)c1. The second-order valence-corrected chi connectivity index (χ2v) is 6.13. The van der Waals surface area contributed by atoms with Crippen molar-refractivity contribution in [3.63, 3.8) is 0 Å². The summed E-state index contributed by atoms with van der Waals surface area (Å²) >= 11 is 0. The summed E-state index contributed by atoms with van der Waals surface area (Å²) in [6.45, 7) is 1.56. The van der Waals surface area contributed by atoms with E-state index >= 15 is 0 Å². The van der Waals surface area contributed by atoms with Gasteiger partial charge in [-0.3, -0.25) is 4.79 Å². The van der Waals surface area contributed by atoms with Crippen molar-refractivity contribution >= 4 is 28.7 Å². The highest BCUT2D eigenvalue weighted by Gasteiger charge is 2.21. The van der Waals surface area contributed by atoms with Crippen LogP contribution in [0.5, 0.6) is 11.5 Å². The van der Waals surface area contributed by atoms with E-state index in [1.807, 2.05) is 24.3 Å². The Morgan fingerprint density at radius 3 is 2.61 bits per heavy atom. The van der Waals surface area contributed by atoms with E-state index in [1.54, 1.807) is 51.6 Å². The first-order valence-electron chi connectivity index (χ1n) is 8.74. The Labute approximate surface area is 162 Å². The Kier molecular flexibility index (Phi) is 5.79. The summed E-state index contributed by atoms with van der Waals surface area (Å²) in [4.78, 5) is 27.9. The largest absolute Gasteiger partial charge is 0.497 e. The molecule has 1 aromatic heterocycles.